The van der Waals surface area contributed by atoms with E-state index in [2.05, 4.69) is 18.0 Å². The zero-order chi connectivity index (χ0) is 16.9. The minimum absolute atomic E-state index is 0.0143. The van der Waals surface area contributed by atoms with Crippen molar-refractivity contribution < 1.29 is 9.53 Å². The molecule has 1 aliphatic heterocycles. The van der Waals surface area contributed by atoms with Gasteiger partial charge in [0.2, 0.25) is 0 Å². The second-order valence-corrected chi connectivity index (χ2v) is 7.21. The molecule has 4 nitrogen and oxygen atoms in total. The fourth-order valence-corrected chi connectivity index (χ4v) is 4.18. The highest BCUT2D eigenvalue weighted by atomic mass is 32.2. The van der Waals surface area contributed by atoms with Gasteiger partial charge >= 0.3 is 0 Å². The van der Waals surface area contributed by atoms with Crippen molar-refractivity contribution in [3.63, 3.8) is 0 Å². The van der Waals surface area contributed by atoms with Gasteiger partial charge in [0.05, 0.1) is 23.7 Å². The summed E-state index contributed by atoms with van der Waals surface area (Å²) in [7, 11) is 1.63. The van der Waals surface area contributed by atoms with Crippen LogP contribution in [0.4, 0.5) is 5.69 Å². The van der Waals surface area contributed by atoms with Crippen molar-refractivity contribution in [1.29, 1.82) is 0 Å². The van der Waals surface area contributed by atoms with Crippen LogP contribution in [0, 0.1) is 6.92 Å². The first-order valence-electron chi connectivity index (χ1n) is 7.57. The third kappa shape index (κ3) is 3.77. The fraction of sp³-hybridized carbons (Fsp3) is 0.222. The van der Waals surface area contributed by atoms with Crippen LogP contribution < -0.4 is 0 Å². The quantitative estimate of drug-likeness (QED) is 0.748. The first-order valence-corrected chi connectivity index (χ1v) is 9.27. The number of carbonyl (C=O) groups is 1. The molecule has 0 atom stereocenters. The normalized spacial score (nSPS) is 18.1. The van der Waals surface area contributed by atoms with E-state index in [1.54, 1.807) is 23.3 Å². The van der Waals surface area contributed by atoms with Crippen LogP contribution >= 0.6 is 23.1 Å². The Hall–Kier alpha value is -1.89. The second kappa shape index (κ2) is 7.79. The van der Waals surface area contributed by atoms with Gasteiger partial charge in [0, 0.05) is 12.0 Å². The molecule has 0 saturated carbocycles. The molecule has 0 spiro atoms. The van der Waals surface area contributed by atoms with Crippen LogP contribution in [-0.2, 0) is 9.53 Å². The number of thiophene rings is 1. The van der Waals surface area contributed by atoms with Gasteiger partial charge in [0.1, 0.15) is 0 Å². The summed E-state index contributed by atoms with van der Waals surface area (Å²) in [6, 6.07) is 11.7. The molecule has 1 saturated heterocycles. The molecule has 2 aromatic rings. The molecule has 0 N–H and O–H groups in total. The number of aliphatic imine (C=N–C) groups is 1. The van der Waals surface area contributed by atoms with Gasteiger partial charge in [0.25, 0.3) is 5.91 Å². The highest BCUT2D eigenvalue weighted by Crippen LogP contribution is 2.35. The summed E-state index contributed by atoms with van der Waals surface area (Å²) in [6.07, 6.45) is 1.96. The predicted molar refractivity (Wildman–Crippen MR) is 102 cm³/mol. The number of benzene rings is 1. The van der Waals surface area contributed by atoms with Gasteiger partial charge < -0.3 is 4.74 Å². The van der Waals surface area contributed by atoms with E-state index in [4.69, 9.17) is 4.74 Å². The van der Waals surface area contributed by atoms with E-state index in [9.17, 15) is 4.79 Å². The van der Waals surface area contributed by atoms with Gasteiger partial charge in [-0.05, 0) is 53.9 Å². The Morgan fingerprint density at radius 1 is 1.25 bits per heavy atom. The Bertz CT molecular complexity index is 781. The molecular formula is C18H18N2O2S2. The number of carbonyl (C=O) groups excluding carboxylic acids is 1. The highest BCUT2D eigenvalue weighted by molar-refractivity contribution is 8.18. The van der Waals surface area contributed by atoms with E-state index in [1.807, 2.05) is 41.8 Å². The fourth-order valence-electron chi connectivity index (χ4n) is 2.24. The molecule has 2 heterocycles. The Morgan fingerprint density at radius 3 is 2.71 bits per heavy atom. The molecule has 6 heteroatoms. The average Bonchev–Trinajstić information content (AvgIpc) is 3.11. The molecule has 124 valence electrons. The van der Waals surface area contributed by atoms with Crippen LogP contribution in [0.15, 0.2) is 51.7 Å². The number of amidine groups is 1. The molecule has 1 amide bonds. The number of thioether (sulfide) groups is 1. The molecule has 1 aliphatic rings. The predicted octanol–water partition coefficient (Wildman–Crippen LogP) is 4.31. The third-order valence-corrected chi connectivity index (χ3v) is 5.52. The number of aryl methyl sites for hydroxylation is 1. The Morgan fingerprint density at radius 2 is 2.04 bits per heavy atom. The maximum atomic E-state index is 12.8. The molecule has 1 fully saturated rings. The number of amides is 1. The molecule has 1 aromatic carbocycles. The number of hydrogen-bond donors (Lipinski definition) is 0. The smallest absolute Gasteiger partial charge is 0.266 e. The number of ether oxygens (including phenoxy) is 1. The van der Waals surface area contributed by atoms with Crippen LogP contribution in [0.5, 0.6) is 0 Å². The molecule has 0 unspecified atom stereocenters. The van der Waals surface area contributed by atoms with Gasteiger partial charge in [-0.25, -0.2) is 4.99 Å². The zero-order valence-electron chi connectivity index (χ0n) is 13.6. The van der Waals surface area contributed by atoms with Crippen molar-refractivity contribution in [2.45, 2.75) is 6.92 Å². The van der Waals surface area contributed by atoms with Crippen molar-refractivity contribution in [2.24, 2.45) is 4.99 Å². The molecule has 24 heavy (non-hydrogen) atoms. The maximum absolute atomic E-state index is 12.8. The van der Waals surface area contributed by atoms with Gasteiger partial charge in [0.15, 0.2) is 5.17 Å². The first kappa shape index (κ1) is 17.0. The molecule has 3 rings (SSSR count). The maximum Gasteiger partial charge on any atom is 0.266 e. The van der Waals surface area contributed by atoms with E-state index in [0.29, 0.717) is 23.2 Å². The molecular weight excluding hydrogens is 340 g/mol. The van der Waals surface area contributed by atoms with E-state index in [1.165, 1.54) is 17.3 Å². The Balaban J connectivity index is 1.92. The van der Waals surface area contributed by atoms with E-state index in [-0.39, 0.29) is 5.91 Å². The minimum atomic E-state index is -0.0143. The lowest BCUT2D eigenvalue weighted by atomic mass is 10.2. The van der Waals surface area contributed by atoms with Gasteiger partial charge in [-0.3, -0.25) is 9.69 Å². The number of rotatable bonds is 5. The lowest BCUT2D eigenvalue weighted by Crippen LogP contribution is -2.32. The number of hydrogen-bond acceptors (Lipinski definition) is 5. The van der Waals surface area contributed by atoms with Crippen LogP contribution in [-0.4, -0.2) is 36.2 Å². The van der Waals surface area contributed by atoms with E-state index in [0.717, 1.165) is 10.6 Å². The monoisotopic (exact) mass is 358 g/mol. The van der Waals surface area contributed by atoms with Gasteiger partial charge in [-0.2, -0.15) is 0 Å². The lowest BCUT2D eigenvalue weighted by molar-refractivity contribution is -0.122. The van der Waals surface area contributed by atoms with E-state index < -0.39 is 0 Å². The van der Waals surface area contributed by atoms with Crippen LogP contribution in [0.25, 0.3) is 6.08 Å². The second-order valence-electron chi connectivity index (χ2n) is 5.26. The third-order valence-electron chi connectivity index (χ3n) is 3.55. The molecule has 0 bridgehead atoms. The summed E-state index contributed by atoms with van der Waals surface area (Å²) >= 11 is 3.06. The van der Waals surface area contributed by atoms with Crippen molar-refractivity contribution in [1.82, 2.24) is 4.90 Å². The van der Waals surface area contributed by atoms with Gasteiger partial charge in [-0.15, -0.1) is 11.3 Å². The minimum Gasteiger partial charge on any atom is -0.383 e. The van der Waals surface area contributed by atoms with Crippen LogP contribution in [0.1, 0.15) is 10.4 Å². The summed E-state index contributed by atoms with van der Waals surface area (Å²) in [4.78, 5) is 20.9. The zero-order valence-corrected chi connectivity index (χ0v) is 15.2. The van der Waals surface area contributed by atoms with Crippen molar-refractivity contribution in [3.05, 3.63) is 57.1 Å². The number of para-hydroxylation sites is 1. The Labute approximate surface area is 149 Å². The molecule has 0 radical (unpaired) electrons. The summed E-state index contributed by atoms with van der Waals surface area (Å²) < 4.78 is 5.14. The van der Waals surface area contributed by atoms with Crippen molar-refractivity contribution in [3.8, 4) is 0 Å². The van der Waals surface area contributed by atoms with Gasteiger partial charge in [-0.1, -0.05) is 18.2 Å². The lowest BCUT2D eigenvalue weighted by Gasteiger charge is -2.14. The standard InChI is InChI=1S/C18H18N2O2S2/c1-13-8-11-23-15(13)12-16-17(21)20(9-10-22-2)18(24-16)19-14-6-4-3-5-7-14/h3-8,11-12H,9-10H2,1-2H3. The summed E-state index contributed by atoms with van der Waals surface area (Å²) in [6.45, 7) is 3.02. The number of methoxy groups -OCH3 is 1. The van der Waals surface area contributed by atoms with Crippen molar-refractivity contribution in [2.75, 3.05) is 20.3 Å². The Kier molecular flexibility index (Phi) is 5.50. The van der Waals surface area contributed by atoms with E-state index >= 15 is 0 Å². The van der Waals surface area contributed by atoms with Crippen LogP contribution in [0.2, 0.25) is 0 Å². The topological polar surface area (TPSA) is 41.9 Å². The summed E-state index contributed by atoms with van der Waals surface area (Å²) in [5.74, 6) is -0.0143. The van der Waals surface area contributed by atoms with Crippen LogP contribution in [0.3, 0.4) is 0 Å². The molecule has 1 aromatic heterocycles. The summed E-state index contributed by atoms with van der Waals surface area (Å²) in [5, 5.41) is 2.73. The summed E-state index contributed by atoms with van der Waals surface area (Å²) in [5.41, 5.74) is 2.02. The average molecular weight is 358 g/mol. The largest absolute Gasteiger partial charge is 0.383 e. The highest BCUT2D eigenvalue weighted by Gasteiger charge is 2.33. The molecule has 0 aliphatic carbocycles. The number of nitrogens with zero attached hydrogens (tertiary/aromatic N) is 2. The van der Waals surface area contributed by atoms with Crippen molar-refractivity contribution >= 4 is 45.9 Å². The SMILES string of the molecule is COCCN1C(=O)C(=Cc2sccc2C)SC1=Nc1ccccc1. The first-order chi connectivity index (χ1) is 11.7.